The van der Waals surface area contributed by atoms with E-state index in [1.807, 2.05) is 24.3 Å². The number of carbonyl (C=O) groups is 1. The summed E-state index contributed by atoms with van der Waals surface area (Å²) in [6.45, 7) is 0. The summed E-state index contributed by atoms with van der Waals surface area (Å²) in [6.07, 6.45) is 2.98. The molecule has 0 spiro atoms. The summed E-state index contributed by atoms with van der Waals surface area (Å²) in [7, 11) is 1.60. The first-order chi connectivity index (χ1) is 11.2. The third-order valence-electron chi connectivity index (χ3n) is 3.75. The van der Waals surface area contributed by atoms with Gasteiger partial charge in [-0.15, -0.1) is 0 Å². The molecule has 3 rings (SSSR count). The van der Waals surface area contributed by atoms with Crippen molar-refractivity contribution in [2.24, 2.45) is 4.99 Å². The quantitative estimate of drug-likeness (QED) is 0.674. The van der Waals surface area contributed by atoms with E-state index in [0.717, 1.165) is 24.2 Å². The summed E-state index contributed by atoms with van der Waals surface area (Å²) in [5.41, 5.74) is 0.781. The van der Waals surface area contributed by atoms with Crippen LogP contribution in [0.4, 0.5) is 0 Å². The van der Waals surface area contributed by atoms with Crippen LogP contribution in [-0.4, -0.2) is 35.2 Å². The van der Waals surface area contributed by atoms with Crippen LogP contribution in [0, 0.1) is 0 Å². The molecule has 1 saturated carbocycles. The highest BCUT2D eigenvalue weighted by Crippen LogP contribution is 2.25. The smallest absolute Gasteiger partial charge is 0.288 e. The van der Waals surface area contributed by atoms with Gasteiger partial charge in [0.05, 0.1) is 24.5 Å². The number of thiocarbonyl (C=S) groups is 1. The van der Waals surface area contributed by atoms with Crippen molar-refractivity contribution in [3.05, 3.63) is 36.2 Å². The van der Waals surface area contributed by atoms with Crippen LogP contribution in [0.2, 0.25) is 0 Å². The number of aliphatic imine (C=N–C) groups is 1. The molecule has 1 amide bonds. The number of hydrogen-bond donors (Lipinski definition) is 1. The second kappa shape index (κ2) is 6.73. The minimum Gasteiger partial charge on any atom is -0.497 e. The molecule has 0 bridgehead atoms. The maximum absolute atomic E-state index is 12.1. The zero-order chi connectivity index (χ0) is 16.2. The summed E-state index contributed by atoms with van der Waals surface area (Å²) in [5, 5.41) is 5.25. The Morgan fingerprint density at radius 3 is 2.83 bits per heavy atom. The van der Waals surface area contributed by atoms with Gasteiger partial charge in [-0.1, -0.05) is 0 Å². The first kappa shape index (κ1) is 15.4. The Balaban J connectivity index is 1.62. The lowest BCUT2D eigenvalue weighted by Gasteiger charge is -2.31. The fourth-order valence-corrected chi connectivity index (χ4v) is 2.54. The van der Waals surface area contributed by atoms with Gasteiger partial charge in [0.15, 0.2) is 0 Å². The van der Waals surface area contributed by atoms with Gasteiger partial charge in [-0.3, -0.25) is 4.79 Å². The molecule has 2 aromatic rings. The van der Waals surface area contributed by atoms with Crippen LogP contribution in [0.3, 0.4) is 0 Å². The number of aromatic nitrogens is 1. The van der Waals surface area contributed by atoms with Crippen LogP contribution in [-0.2, 0) is 0 Å². The van der Waals surface area contributed by atoms with Crippen molar-refractivity contribution in [1.82, 2.24) is 10.3 Å². The van der Waals surface area contributed by atoms with Crippen LogP contribution in [0.1, 0.15) is 23.4 Å². The van der Waals surface area contributed by atoms with E-state index in [4.69, 9.17) is 9.15 Å². The number of methoxy groups -OCH3 is 1. The van der Waals surface area contributed by atoms with Gasteiger partial charge in [-0.2, -0.15) is 0 Å². The molecule has 1 fully saturated rings. The average molecular weight is 329 g/mol. The number of benzene rings is 1. The second-order valence-corrected chi connectivity index (χ2v) is 5.46. The van der Waals surface area contributed by atoms with E-state index >= 15 is 0 Å². The number of rotatable bonds is 5. The summed E-state index contributed by atoms with van der Waals surface area (Å²) in [6, 6.07) is 7.53. The van der Waals surface area contributed by atoms with E-state index in [-0.39, 0.29) is 23.8 Å². The minimum atomic E-state index is -0.271. The Hall–Kier alpha value is -2.50. The fraction of sp³-hybridized carbons (Fsp3) is 0.312. The number of amides is 1. The molecular weight excluding hydrogens is 314 g/mol. The monoisotopic (exact) mass is 329 g/mol. The summed E-state index contributed by atoms with van der Waals surface area (Å²) in [5.74, 6) is 1.07. The number of isothiocyanates is 1. The Morgan fingerprint density at radius 2 is 2.17 bits per heavy atom. The number of carbonyl (C=O) groups excluding carboxylic acids is 1. The van der Waals surface area contributed by atoms with Gasteiger partial charge in [0.25, 0.3) is 5.91 Å². The number of oxazole rings is 1. The topological polar surface area (TPSA) is 76.7 Å². The zero-order valence-electron chi connectivity index (χ0n) is 12.5. The SMILES string of the molecule is COc1ccc(-c2ncc(C(=O)N[C@H]3C[C@@H](N=C=S)C3)o2)cc1. The maximum atomic E-state index is 12.1. The Morgan fingerprint density at radius 1 is 1.43 bits per heavy atom. The molecule has 7 heteroatoms. The third kappa shape index (κ3) is 3.47. The van der Waals surface area contributed by atoms with Crippen LogP contribution in [0.15, 0.2) is 39.9 Å². The minimum absolute atomic E-state index is 0.0918. The molecule has 0 saturated heterocycles. The number of ether oxygens (including phenoxy) is 1. The molecule has 0 atom stereocenters. The van der Waals surface area contributed by atoms with E-state index in [2.05, 4.69) is 32.7 Å². The highest BCUT2D eigenvalue weighted by atomic mass is 32.1. The van der Waals surface area contributed by atoms with Crippen molar-refractivity contribution >= 4 is 23.3 Å². The van der Waals surface area contributed by atoms with Crippen molar-refractivity contribution in [3.8, 4) is 17.2 Å². The van der Waals surface area contributed by atoms with Gasteiger partial charge in [-0.05, 0) is 49.3 Å². The molecule has 23 heavy (non-hydrogen) atoms. The molecule has 0 unspecified atom stereocenters. The molecule has 1 aliphatic rings. The molecule has 1 aromatic heterocycles. The predicted molar refractivity (Wildman–Crippen MR) is 87.8 cm³/mol. The van der Waals surface area contributed by atoms with Gasteiger partial charge >= 0.3 is 0 Å². The lowest BCUT2D eigenvalue weighted by atomic mass is 9.87. The van der Waals surface area contributed by atoms with Gasteiger partial charge in [0, 0.05) is 11.6 Å². The van der Waals surface area contributed by atoms with Crippen molar-refractivity contribution in [1.29, 1.82) is 0 Å². The van der Waals surface area contributed by atoms with E-state index in [1.165, 1.54) is 6.20 Å². The van der Waals surface area contributed by atoms with Crippen molar-refractivity contribution in [2.45, 2.75) is 24.9 Å². The summed E-state index contributed by atoms with van der Waals surface area (Å²) >= 11 is 4.56. The first-order valence-electron chi connectivity index (χ1n) is 7.17. The molecule has 1 aliphatic carbocycles. The van der Waals surface area contributed by atoms with Gasteiger partial charge in [0.2, 0.25) is 11.7 Å². The number of hydrogen-bond acceptors (Lipinski definition) is 6. The standard InChI is InChI=1S/C16H15N3O3S/c1-21-13-4-2-10(3-5-13)16-17-8-14(22-16)15(20)19-12-6-11(7-12)18-9-23/h2-5,8,11-12H,6-7H2,1H3,(H,19,20)/t11-,12+. The molecule has 118 valence electrons. The van der Waals surface area contributed by atoms with Crippen molar-refractivity contribution in [3.63, 3.8) is 0 Å². The number of nitrogens with one attached hydrogen (secondary N) is 1. The molecule has 1 N–H and O–H groups in total. The average Bonchev–Trinajstić information content (AvgIpc) is 3.03. The molecule has 1 heterocycles. The molecular formula is C16H15N3O3S. The molecule has 0 radical (unpaired) electrons. The number of nitrogens with zero attached hydrogens (tertiary/aromatic N) is 2. The van der Waals surface area contributed by atoms with Crippen LogP contribution in [0.5, 0.6) is 5.75 Å². The first-order valence-corrected chi connectivity index (χ1v) is 7.58. The maximum Gasteiger partial charge on any atom is 0.288 e. The fourth-order valence-electron chi connectivity index (χ4n) is 2.39. The van der Waals surface area contributed by atoms with Gasteiger partial charge in [0.1, 0.15) is 5.75 Å². The Labute approximate surface area is 138 Å². The van der Waals surface area contributed by atoms with Crippen molar-refractivity contribution < 1.29 is 13.9 Å². The lowest BCUT2D eigenvalue weighted by molar-refractivity contribution is 0.0883. The highest BCUT2D eigenvalue weighted by molar-refractivity contribution is 7.78. The molecule has 1 aromatic carbocycles. The molecule has 0 aliphatic heterocycles. The van der Waals surface area contributed by atoms with E-state index in [1.54, 1.807) is 7.11 Å². The lowest BCUT2D eigenvalue weighted by Crippen LogP contribution is -2.46. The Kier molecular flexibility index (Phi) is 4.50. The molecule has 6 nitrogen and oxygen atoms in total. The normalized spacial score (nSPS) is 19.3. The van der Waals surface area contributed by atoms with E-state index < -0.39 is 0 Å². The Bertz CT molecular complexity index is 744. The third-order valence-corrected chi connectivity index (χ3v) is 3.86. The predicted octanol–water partition coefficient (Wildman–Crippen LogP) is 2.71. The largest absolute Gasteiger partial charge is 0.497 e. The van der Waals surface area contributed by atoms with Crippen LogP contribution >= 0.6 is 12.2 Å². The van der Waals surface area contributed by atoms with E-state index in [9.17, 15) is 4.79 Å². The van der Waals surface area contributed by atoms with Gasteiger partial charge < -0.3 is 14.5 Å². The second-order valence-electron chi connectivity index (χ2n) is 5.27. The van der Waals surface area contributed by atoms with Crippen LogP contribution < -0.4 is 10.1 Å². The van der Waals surface area contributed by atoms with Crippen LogP contribution in [0.25, 0.3) is 11.5 Å². The van der Waals surface area contributed by atoms with Crippen molar-refractivity contribution in [2.75, 3.05) is 7.11 Å². The summed E-state index contributed by atoms with van der Waals surface area (Å²) < 4.78 is 10.6. The highest BCUT2D eigenvalue weighted by Gasteiger charge is 2.30. The zero-order valence-corrected chi connectivity index (χ0v) is 13.3. The summed E-state index contributed by atoms with van der Waals surface area (Å²) in [4.78, 5) is 20.3. The van der Waals surface area contributed by atoms with E-state index in [0.29, 0.717) is 5.89 Å². The van der Waals surface area contributed by atoms with Gasteiger partial charge in [-0.25, -0.2) is 9.98 Å².